The molecular weight excluding hydrogens is 468 g/mol. The molecule has 0 bridgehead atoms. The van der Waals surface area contributed by atoms with Gasteiger partial charge in [0.25, 0.3) is 10.0 Å². The number of anilines is 3. The van der Waals surface area contributed by atoms with Crippen molar-refractivity contribution in [3.05, 3.63) is 59.5 Å². The summed E-state index contributed by atoms with van der Waals surface area (Å²) < 4.78 is 40.1. The summed E-state index contributed by atoms with van der Waals surface area (Å²) in [7, 11) is -2.49. The van der Waals surface area contributed by atoms with Gasteiger partial charge in [-0.05, 0) is 63.4 Å². The summed E-state index contributed by atoms with van der Waals surface area (Å²) in [5.41, 5.74) is 3.04. The van der Waals surface area contributed by atoms with Crippen LogP contribution < -0.4 is 19.7 Å². The fraction of sp³-hybridized carbons (Fsp3) is 0.360. The van der Waals surface area contributed by atoms with Crippen LogP contribution in [0.4, 0.5) is 17.1 Å². The van der Waals surface area contributed by atoms with Gasteiger partial charge in [-0.2, -0.15) is 0 Å². The van der Waals surface area contributed by atoms with E-state index in [1.54, 1.807) is 36.4 Å². The van der Waals surface area contributed by atoms with E-state index in [9.17, 15) is 13.2 Å². The highest BCUT2D eigenvalue weighted by molar-refractivity contribution is 7.93. The fourth-order valence-corrected chi connectivity index (χ4v) is 5.60. The van der Waals surface area contributed by atoms with Crippen molar-refractivity contribution in [3.63, 3.8) is 0 Å². The minimum absolute atomic E-state index is 0.105. The van der Waals surface area contributed by atoms with E-state index in [0.717, 1.165) is 37.2 Å². The number of hydrogen-bond donors (Lipinski definition) is 2. The molecule has 2 aromatic carbocycles. The third-order valence-electron chi connectivity index (χ3n) is 6.11. The van der Waals surface area contributed by atoms with Gasteiger partial charge in [0.1, 0.15) is 16.4 Å². The topological polar surface area (TPSA) is 114 Å². The zero-order chi connectivity index (χ0) is 25.0. The Morgan fingerprint density at radius 1 is 1.14 bits per heavy atom. The van der Waals surface area contributed by atoms with E-state index in [-0.39, 0.29) is 17.2 Å². The number of benzene rings is 2. The molecule has 1 fully saturated rings. The van der Waals surface area contributed by atoms with Gasteiger partial charge in [0.05, 0.1) is 24.2 Å². The summed E-state index contributed by atoms with van der Waals surface area (Å²) in [4.78, 5) is 14.8. The summed E-state index contributed by atoms with van der Waals surface area (Å²) in [6.45, 7) is 5.21. The monoisotopic (exact) mass is 498 g/mol. The summed E-state index contributed by atoms with van der Waals surface area (Å²) in [6, 6.07) is 11.8. The largest absolute Gasteiger partial charge is 0.495 e. The van der Waals surface area contributed by atoms with Crippen molar-refractivity contribution < 1.29 is 22.5 Å². The second-order valence-electron chi connectivity index (χ2n) is 8.53. The Hall–Kier alpha value is -3.53. The number of nitrogens with one attached hydrogen (secondary N) is 2. The smallest absolute Gasteiger partial charge is 0.264 e. The molecule has 0 unspecified atom stereocenters. The van der Waals surface area contributed by atoms with Crippen LogP contribution in [0.3, 0.4) is 0 Å². The van der Waals surface area contributed by atoms with Crippen molar-refractivity contribution in [2.24, 2.45) is 0 Å². The number of rotatable bonds is 9. The van der Waals surface area contributed by atoms with Crippen molar-refractivity contribution in [3.8, 4) is 5.75 Å². The van der Waals surface area contributed by atoms with E-state index >= 15 is 0 Å². The second-order valence-corrected chi connectivity index (χ2v) is 10.2. The predicted octanol–water partition coefficient (Wildman–Crippen LogP) is 4.27. The van der Waals surface area contributed by atoms with Crippen LogP contribution in [0.1, 0.15) is 36.3 Å². The Morgan fingerprint density at radius 2 is 1.89 bits per heavy atom. The lowest BCUT2D eigenvalue weighted by atomic mass is 10.1. The molecule has 1 aromatic heterocycles. The number of aryl methyl sites for hydroxylation is 2. The van der Waals surface area contributed by atoms with Gasteiger partial charge in [-0.25, -0.2) is 8.42 Å². The van der Waals surface area contributed by atoms with Crippen LogP contribution in [0, 0.1) is 13.8 Å². The molecule has 35 heavy (non-hydrogen) atoms. The number of methoxy groups -OCH3 is 1. The van der Waals surface area contributed by atoms with Gasteiger partial charge in [-0.15, -0.1) is 0 Å². The fourth-order valence-electron chi connectivity index (χ4n) is 4.28. The third kappa shape index (κ3) is 5.59. The molecule has 1 aliphatic rings. The van der Waals surface area contributed by atoms with E-state index in [4.69, 9.17) is 9.26 Å². The molecule has 0 spiro atoms. The Balaban J connectivity index is 1.59. The van der Waals surface area contributed by atoms with Gasteiger partial charge in [-0.1, -0.05) is 17.3 Å². The highest BCUT2D eigenvalue weighted by Crippen LogP contribution is 2.34. The minimum Gasteiger partial charge on any atom is -0.495 e. The molecule has 9 nitrogen and oxygen atoms in total. The number of amides is 1. The average molecular weight is 499 g/mol. The standard InChI is InChI=1S/C25H30N4O5S/c1-17-20(18(2)34-27-17)11-13-25(30)26-19-10-12-22(29-14-6-7-15-29)24(16-19)35(31,32)28-21-8-4-5-9-23(21)33-3/h4-5,8-10,12,16,28H,6-7,11,13-15H2,1-3H3,(H,26,30). The third-order valence-corrected chi connectivity index (χ3v) is 7.51. The Morgan fingerprint density at radius 3 is 2.57 bits per heavy atom. The van der Waals surface area contributed by atoms with E-state index in [2.05, 4.69) is 20.1 Å². The number of carbonyl (C=O) groups excluding carboxylic acids is 1. The molecule has 0 aliphatic carbocycles. The highest BCUT2D eigenvalue weighted by Gasteiger charge is 2.26. The molecule has 0 radical (unpaired) electrons. The number of aromatic nitrogens is 1. The number of nitrogens with zero attached hydrogens (tertiary/aromatic N) is 2. The van der Waals surface area contributed by atoms with Crippen LogP contribution in [-0.2, 0) is 21.2 Å². The van der Waals surface area contributed by atoms with Crippen LogP contribution in [-0.4, -0.2) is 39.7 Å². The molecule has 4 rings (SSSR count). The average Bonchev–Trinajstić information content (AvgIpc) is 3.48. The number of ether oxygens (including phenoxy) is 1. The molecular formula is C25H30N4O5S. The van der Waals surface area contributed by atoms with Crippen molar-refractivity contribution in [1.29, 1.82) is 0 Å². The van der Waals surface area contributed by atoms with Crippen LogP contribution in [0.5, 0.6) is 5.75 Å². The zero-order valence-corrected chi connectivity index (χ0v) is 20.9. The van der Waals surface area contributed by atoms with Gasteiger partial charge < -0.3 is 19.5 Å². The van der Waals surface area contributed by atoms with Crippen LogP contribution >= 0.6 is 0 Å². The maximum absolute atomic E-state index is 13.5. The van der Waals surface area contributed by atoms with E-state index < -0.39 is 10.0 Å². The van der Waals surface area contributed by atoms with Crippen molar-refractivity contribution in [2.75, 3.05) is 35.1 Å². The van der Waals surface area contributed by atoms with E-state index in [0.29, 0.717) is 35.0 Å². The quantitative estimate of drug-likeness (QED) is 0.453. The maximum atomic E-state index is 13.5. The van der Waals surface area contributed by atoms with Crippen molar-refractivity contribution in [1.82, 2.24) is 5.16 Å². The van der Waals surface area contributed by atoms with Gasteiger partial charge in [0, 0.05) is 30.8 Å². The molecule has 2 heterocycles. The van der Waals surface area contributed by atoms with E-state index in [1.165, 1.54) is 13.2 Å². The molecule has 2 N–H and O–H groups in total. The number of sulfonamides is 1. The Kier molecular flexibility index (Phi) is 7.30. The van der Waals surface area contributed by atoms with Gasteiger partial charge >= 0.3 is 0 Å². The van der Waals surface area contributed by atoms with Crippen LogP contribution in [0.15, 0.2) is 51.9 Å². The predicted molar refractivity (Wildman–Crippen MR) is 135 cm³/mol. The van der Waals surface area contributed by atoms with E-state index in [1.807, 2.05) is 13.8 Å². The lowest BCUT2D eigenvalue weighted by Gasteiger charge is -2.23. The number of hydrogen-bond acceptors (Lipinski definition) is 7. The van der Waals surface area contributed by atoms with Crippen molar-refractivity contribution >= 4 is 33.0 Å². The number of carbonyl (C=O) groups is 1. The first-order valence-corrected chi connectivity index (χ1v) is 13.0. The SMILES string of the molecule is COc1ccccc1NS(=O)(=O)c1cc(NC(=O)CCc2c(C)noc2C)ccc1N1CCCC1. The first-order chi connectivity index (χ1) is 16.8. The molecule has 1 saturated heterocycles. The molecule has 1 amide bonds. The molecule has 10 heteroatoms. The molecule has 3 aromatic rings. The molecule has 0 atom stereocenters. The van der Waals surface area contributed by atoms with Crippen LogP contribution in [0.25, 0.3) is 0 Å². The van der Waals surface area contributed by atoms with Gasteiger partial charge in [0.2, 0.25) is 5.91 Å². The molecule has 186 valence electrons. The summed E-state index contributed by atoms with van der Waals surface area (Å²) in [6.07, 6.45) is 2.71. The zero-order valence-electron chi connectivity index (χ0n) is 20.1. The summed E-state index contributed by atoms with van der Waals surface area (Å²) >= 11 is 0. The minimum atomic E-state index is -3.97. The van der Waals surface area contributed by atoms with Gasteiger partial charge in [-0.3, -0.25) is 9.52 Å². The first-order valence-electron chi connectivity index (χ1n) is 11.5. The Labute approximate surface area is 205 Å². The molecule has 0 saturated carbocycles. The lowest BCUT2D eigenvalue weighted by Crippen LogP contribution is -2.23. The Bertz CT molecular complexity index is 1290. The van der Waals surface area contributed by atoms with Crippen molar-refractivity contribution in [2.45, 2.75) is 44.4 Å². The first kappa shape index (κ1) is 24.6. The molecule has 1 aliphatic heterocycles. The number of para-hydroxylation sites is 2. The highest BCUT2D eigenvalue weighted by atomic mass is 32.2. The summed E-state index contributed by atoms with van der Waals surface area (Å²) in [5, 5.41) is 6.75. The second kappa shape index (κ2) is 10.4. The maximum Gasteiger partial charge on any atom is 0.264 e. The van der Waals surface area contributed by atoms with Crippen LogP contribution in [0.2, 0.25) is 0 Å². The summed E-state index contributed by atoms with van der Waals surface area (Å²) in [5.74, 6) is 0.892. The lowest BCUT2D eigenvalue weighted by molar-refractivity contribution is -0.116. The normalized spacial score (nSPS) is 13.6. The van der Waals surface area contributed by atoms with Gasteiger partial charge in [0.15, 0.2) is 0 Å².